The van der Waals surface area contributed by atoms with Crippen molar-refractivity contribution in [1.82, 2.24) is 5.16 Å². The number of benzene rings is 1. The van der Waals surface area contributed by atoms with Crippen LogP contribution in [0.3, 0.4) is 0 Å². The first-order valence-corrected chi connectivity index (χ1v) is 7.08. The predicted molar refractivity (Wildman–Crippen MR) is 78.5 cm³/mol. The molecule has 2 aromatic rings. The molecule has 1 aromatic carbocycles. The van der Waals surface area contributed by atoms with E-state index in [1.807, 2.05) is 0 Å². The number of aryl methyl sites for hydroxylation is 2. The number of esters is 1. The monoisotopic (exact) mass is 334 g/mol. The molecule has 2 heterocycles. The van der Waals surface area contributed by atoms with Crippen molar-refractivity contribution in [2.45, 2.75) is 27.1 Å². The number of fused-ring (bicyclic) bond motifs is 1. The van der Waals surface area contributed by atoms with Crippen LogP contribution in [0.5, 0.6) is 5.75 Å². The fourth-order valence-electron chi connectivity index (χ4n) is 2.48. The van der Waals surface area contributed by atoms with Gasteiger partial charge in [-0.05, 0) is 13.8 Å². The maximum Gasteiger partial charge on any atom is 0.344 e. The van der Waals surface area contributed by atoms with Gasteiger partial charge in [0.15, 0.2) is 6.79 Å². The van der Waals surface area contributed by atoms with E-state index in [9.17, 15) is 14.9 Å². The molecule has 3 rings (SSSR count). The van der Waals surface area contributed by atoms with Gasteiger partial charge in [-0.2, -0.15) is 0 Å². The lowest BCUT2D eigenvalue weighted by molar-refractivity contribution is -0.385. The molecule has 9 nitrogen and oxygen atoms in total. The first-order chi connectivity index (χ1) is 11.5. The van der Waals surface area contributed by atoms with Crippen LogP contribution in [0.4, 0.5) is 5.69 Å². The Labute approximate surface area is 136 Å². The molecule has 1 aliphatic heterocycles. The third kappa shape index (κ3) is 2.93. The molecule has 0 saturated carbocycles. The molecule has 0 radical (unpaired) electrons. The van der Waals surface area contributed by atoms with Crippen LogP contribution in [0.1, 0.15) is 32.9 Å². The van der Waals surface area contributed by atoms with E-state index in [0.717, 1.165) is 0 Å². The van der Waals surface area contributed by atoms with Crippen LogP contribution in [0.2, 0.25) is 0 Å². The highest BCUT2D eigenvalue weighted by atomic mass is 16.7. The number of hydrogen-bond acceptors (Lipinski definition) is 8. The number of rotatable bonds is 4. The summed E-state index contributed by atoms with van der Waals surface area (Å²) in [6.45, 7) is 3.29. The Kier molecular flexibility index (Phi) is 4.17. The largest absolute Gasteiger partial charge is 0.467 e. The first kappa shape index (κ1) is 15.9. The number of ether oxygens (including phenoxy) is 3. The molecule has 1 aliphatic rings. The van der Waals surface area contributed by atoms with Crippen LogP contribution in [-0.2, 0) is 22.7 Å². The van der Waals surface area contributed by atoms with Gasteiger partial charge in [0, 0.05) is 23.3 Å². The Hall–Kier alpha value is -2.94. The van der Waals surface area contributed by atoms with E-state index in [-0.39, 0.29) is 31.3 Å². The minimum absolute atomic E-state index is 0.0373. The average molecular weight is 334 g/mol. The molecule has 0 N–H and O–H groups in total. The third-order valence-corrected chi connectivity index (χ3v) is 3.58. The number of nitrogens with zero attached hydrogens (tertiary/aromatic N) is 2. The lowest BCUT2D eigenvalue weighted by atomic mass is 10.1. The SMILES string of the molecule is Cc1noc(C)c1C(=O)OCc1cc([N+](=O)[O-])cc2c1OCOC2. The van der Waals surface area contributed by atoms with Crippen molar-refractivity contribution in [3.63, 3.8) is 0 Å². The van der Waals surface area contributed by atoms with E-state index in [4.69, 9.17) is 18.7 Å². The Balaban J connectivity index is 1.85. The summed E-state index contributed by atoms with van der Waals surface area (Å²) in [7, 11) is 0. The van der Waals surface area contributed by atoms with E-state index in [1.54, 1.807) is 13.8 Å². The number of nitro benzene ring substituents is 1. The van der Waals surface area contributed by atoms with Gasteiger partial charge in [-0.1, -0.05) is 5.16 Å². The molecule has 0 atom stereocenters. The lowest BCUT2D eigenvalue weighted by Crippen LogP contribution is -2.15. The van der Waals surface area contributed by atoms with E-state index in [1.165, 1.54) is 12.1 Å². The van der Waals surface area contributed by atoms with E-state index >= 15 is 0 Å². The molecule has 0 aliphatic carbocycles. The zero-order valence-corrected chi connectivity index (χ0v) is 13.0. The Bertz CT molecular complexity index is 793. The first-order valence-electron chi connectivity index (χ1n) is 7.08. The van der Waals surface area contributed by atoms with Gasteiger partial charge in [0.1, 0.15) is 23.7 Å². The Morgan fingerprint density at radius 1 is 1.42 bits per heavy atom. The summed E-state index contributed by atoms with van der Waals surface area (Å²) in [5.41, 5.74) is 1.49. The molecule has 0 amide bonds. The molecule has 0 bridgehead atoms. The highest BCUT2D eigenvalue weighted by Gasteiger charge is 2.23. The van der Waals surface area contributed by atoms with Crippen molar-refractivity contribution in [3.8, 4) is 5.75 Å². The van der Waals surface area contributed by atoms with E-state index < -0.39 is 10.9 Å². The minimum Gasteiger partial charge on any atom is -0.467 e. The molecule has 0 spiro atoms. The number of nitro groups is 1. The summed E-state index contributed by atoms with van der Waals surface area (Å²) in [5, 5.41) is 14.7. The molecule has 0 saturated heterocycles. The summed E-state index contributed by atoms with van der Waals surface area (Å²) in [4.78, 5) is 22.7. The number of carbonyl (C=O) groups excluding carboxylic acids is 1. The van der Waals surface area contributed by atoms with Gasteiger partial charge >= 0.3 is 5.97 Å². The number of hydrogen-bond donors (Lipinski definition) is 0. The van der Waals surface area contributed by atoms with E-state index in [0.29, 0.717) is 28.3 Å². The van der Waals surface area contributed by atoms with Crippen molar-refractivity contribution in [2.24, 2.45) is 0 Å². The average Bonchev–Trinajstić information content (AvgIpc) is 2.90. The van der Waals surface area contributed by atoms with Gasteiger partial charge in [-0.3, -0.25) is 10.1 Å². The Morgan fingerprint density at radius 2 is 2.21 bits per heavy atom. The topological polar surface area (TPSA) is 114 Å². The predicted octanol–water partition coefficient (Wildman–Crippen LogP) is 2.42. The van der Waals surface area contributed by atoms with Crippen molar-refractivity contribution in [1.29, 1.82) is 0 Å². The molecular weight excluding hydrogens is 320 g/mol. The minimum atomic E-state index is -0.612. The van der Waals surface area contributed by atoms with Crippen molar-refractivity contribution >= 4 is 11.7 Å². The summed E-state index contributed by atoms with van der Waals surface area (Å²) < 4.78 is 20.7. The fourth-order valence-corrected chi connectivity index (χ4v) is 2.48. The van der Waals surface area contributed by atoms with Crippen LogP contribution >= 0.6 is 0 Å². The number of aromatic nitrogens is 1. The number of non-ortho nitro benzene ring substituents is 1. The van der Waals surface area contributed by atoms with Crippen molar-refractivity contribution in [2.75, 3.05) is 6.79 Å². The van der Waals surface area contributed by atoms with Crippen LogP contribution in [0.15, 0.2) is 16.7 Å². The maximum atomic E-state index is 12.2. The molecule has 24 heavy (non-hydrogen) atoms. The van der Waals surface area contributed by atoms with Crippen LogP contribution in [0, 0.1) is 24.0 Å². The summed E-state index contributed by atoms with van der Waals surface area (Å²) >= 11 is 0. The zero-order chi connectivity index (χ0) is 17.3. The van der Waals surface area contributed by atoms with Gasteiger partial charge < -0.3 is 18.7 Å². The molecule has 1 aromatic heterocycles. The third-order valence-electron chi connectivity index (χ3n) is 3.58. The second-order valence-electron chi connectivity index (χ2n) is 5.24. The van der Waals surface area contributed by atoms with Crippen molar-refractivity contribution in [3.05, 3.63) is 50.4 Å². The van der Waals surface area contributed by atoms with Gasteiger partial charge in [0.2, 0.25) is 0 Å². The van der Waals surface area contributed by atoms with Crippen molar-refractivity contribution < 1.29 is 28.5 Å². The lowest BCUT2D eigenvalue weighted by Gasteiger charge is -2.20. The van der Waals surface area contributed by atoms with Gasteiger partial charge in [0.05, 0.1) is 17.2 Å². The Morgan fingerprint density at radius 3 is 2.88 bits per heavy atom. The molecule has 0 fully saturated rings. The van der Waals surface area contributed by atoms with Gasteiger partial charge in [-0.15, -0.1) is 0 Å². The molecule has 126 valence electrons. The van der Waals surface area contributed by atoms with Crippen LogP contribution in [-0.4, -0.2) is 22.8 Å². The fraction of sp³-hybridized carbons (Fsp3) is 0.333. The van der Waals surface area contributed by atoms with Gasteiger partial charge in [-0.25, -0.2) is 4.79 Å². The summed E-state index contributed by atoms with van der Waals surface area (Å²) in [6, 6.07) is 2.71. The van der Waals surface area contributed by atoms with Crippen LogP contribution < -0.4 is 4.74 Å². The summed E-state index contributed by atoms with van der Waals surface area (Å²) in [5.74, 6) is 0.181. The second-order valence-corrected chi connectivity index (χ2v) is 5.24. The normalized spacial score (nSPS) is 13.1. The standard InChI is InChI=1S/C15H14N2O7/c1-8-13(9(2)24-16-8)15(18)22-6-11-4-12(17(19)20)3-10-5-21-7-23-14(10)11/h3-4H,5-7H2,1-2H3. The molecule has 0 unspecified atom stereocenters. The number of carbonyl (C=O) groups is 1. The highest BCUT2D eigenvalue weighted by Crippen LogP contribution is 2.33. The smallest absolute Gasteiger partial charge is 0.344 e. The van der Waals surface area contributed by atoms with E-state index in [2.05, 4.69) is 5.16 Å². The summed E-state index contributed by atoms with van der Waals surface area (Å²) in [6.07, 6.45) is 0. The van der Waals surface area contributed by atoms with Crippen LogP contribution in [0.25, 0.3) is 0 Å². The molecule has 9 heteroatoms. The molecular formula is C15H14N2O7. The maximum absolute atomic E-state index is 12.2. The second kappa shape index (κ2) is 6.28. The quantitative estimate of drug-likeness (QED) is 0.476. The highest BCUT2D eigenvalue weighted by molar-refractivity contribution is 5.91. The zero-order valence-electron chi connectivity index (χ0n) is 13.0. The van der Waals surface area contributed by atoms with Gasteiger partial charge in [0.25, 0.3) is 5.69 Å².